The molecule has 0 aromatic heterocycles. The lowest BCUT2D eigenvalue weighted by Crippen LogP contribution is -2.62. The first kappa shape index (κ1) is 12.0. The molecule has 3 rings (SSSR count). The minimum absolute atomic E-state index is 0.0607. The zero-order valence-corrected chi connectivity index (χ0v) is 10.7. The van der Waals surface area contributed by atoms with Crippen LogP contribution < -0.4 is 5.73 Å². The van der Waals surface area contributed by atoms with Crippen molar-refractivity contribution in [1.29, 1.82) is 0 Å². The second kappa shape index (κ2) is 4.53. The Morgan fingerprint density at radius 3 is 2.06 bits per heavy atom. The Hall–Kier alpha value is -1.10. The van der Waals surface area contributed by atoms with Crippen molar-refractivity contribution >= 4 is 11.8 Å². The molecule has 1 aliphatic carbocycles. The first-order valence-electron chi connectivity index (χ1n) is 6.97. The highest BCUT2D eigenvalue weighted by atomic mass is 16.2. The number of likely N-dealkylation sites (tertiary alicyclic amines) is 2. The number of primary amides is 1. The summed E-state index contributed by atoms with van der Waals surface area (Å²) in [6, 6.07) is 0.515. The molecule has 0 bridgehead atoms. The molecule has 0 unspecified atom stereocenters. The summed E-state index contributed by atoms with van der Waals surface area (Å²) < 4.78 is 0. The van der Waals surface area contributed by atoms with Gasteiger partial charge in [-0.3, -0.25) is 14.5 Å². The molecule has 100 valence electrons. The van der Waals surface area contributed by atoms with Crippen LogP contribution in [0.15, 0.2) is 0 Å². The van der Waals surface area contributed by atoms with E-state index in [0.29, 0.717) is 17.9 Å². The Morgan fingerprint density at radius 2 is 1.56 bits per heavy atom. The molecule has 5 nitrogen and oxygen atoms in total. The molecule has 0 aromatic rings. The predicted molar refractivity (Wildman–Crippen MR) is 66.6 cm³/mol. The largest absolute Gasteiger partial charge is 0.369 e. The average Bonchev–Trinajstić information content (AvgIpc) is 3.11. The molecule has 0 spiro atoms. The third kappa shape index (κ3) is 2.23. The van der Waals surface area contributed by atoms with Crippen molar-refractivity contribution in [3.05, 3.63) is 0 Å². The molecule has 2 aliphatic heterocycles. The molecule has 3 fully saturated rings. The molecule has 1 saturated carbocycles. The smallest absolute Gasteiger partial charge is 0.225 e. The van der Waals surface area contributed by atoms with Gasteiger partial charge < -0.3 is 10.6 Å². The van der Waals surface area contributed by atoms with Gasteiger partial charge in [0.2, 0.25) is 11.8 Å². The highest BCUT2D eigenvalue weighted by Gasteiger charge is 2.41. The molecule has 0 radical (unpaired) electrons. The molecule has 0 atom stereocenters. The van der Waals surface area contributed by atoms with Crippen LogP contribution in [0.1, 0.15) is 25.7 Å². The Kier molecular flexibility index (Phi) is 3.01. The lowest BCUT2D eigenvalue weighted by molar-refractivity contribution is -0.140. The number of hydrogen-bond donors (Lipinski definition) is 1. The SMILES string of the molecule is NC(=O)C1CCN(C2CN(C(=O)C3CC3)C2)CC1. The van der Waals surface area contributed by atoms with E-state index in [1.54, 1.807) is 0 Å². The van der Waals surface area contributed by atoms with Crippen LogP contribution in [0.3, 0.4) is 0 Å². The predicted octanol–water partition coefficient (Wildman–Crippen LogP) is -0.195. The van der Waals surface area contributed by atoms with Gasteiger partial charge in [-0.15, -0.1) is 0 Å². The quantitative estimate of drug-likeness (QED) is 0.755. The Balaban J connectivity index is 1.42. The van der Waals surface area contributed by atoms with E-state index in [2.05, 4.69) is 4.90 Å². The van der Waals surface area contributed by atoms with Gasteiger partial charge in [0.15, 0.2) is 0 Å². The molecule has 18 heavy (non-hydrogen) atoms. The van der Waals surface area contributed by atoms with Crippen LogP contribution in [-0.2, 0) is 9.59 Å². The van der Waals surface area contributed by atoms with E-state index >= 15 is 0 Å². The Labute approximate surface area is 107 Å². The van der Waals surface area contributed by atoms with Crippen molar-refractivity contribution in [2.75, 3.05) is 26.2 Å². The summed E-state index contributed by atoms with van der Waals surface area (Å²) in [6.45, 7) is 3.67. The van der Waals surface area contributed by atoms with Crippen molar-refractivity contribution in [2.24, 2.45) is 17.6 Å². The van der Waals surface area contributed by atoms with Crippen LogP contribution >= 0.6 is 0 Å². The van der Waals surface area contributed by atoms with Crippen LogP contribution in [0.5, 0.6) is 0 Å². The zero-order chi connectivity index (χ0) is 12.7. The number of rotatable bonds is 3. The van der Waals surface area contributed by atoms with E-state index in [1.807, 2.05) is 4.90 Å². The number of nitrogens with zero attached hydrogens (tertiary/aromatic N) is 2. The maximum absolute atomic E-state index is 11.8. The maximum Gasteiger partial charge on any atom is 0.225 e. The fourth-order valence-electron chi connectivity index (χ4n) is 3.00. The lowest BCUT2D eigenvalue weighted by atomic mass is 9.93. The standard InChI is InChI=1S/C13H21N3O2/c14-12(17)9-3-5-15(6-4-9)11-7-16(8-11)13(18)10-1-2-10/h9-11H,1-8H2,(H2,14,17). The first-order valence-corrected chi connectivity index (χ1v) is 6.97. The zero-order valence-electron chi connectivity index (χ0n) is 10.7. The van der Waals surface area contributed by atoms with E-state index < -0.39 is 0 Å². The summed E-state index contributed by atoms with van der Waals surface area (Å²) in [7, 11) is 0. The molecule has 2 heterocycles. The molecule has 0 aromatic carbocycles. The number of carbonyl (C=O) groups is 2. The summed E-state index contributed by atoms with van der Waals surface area (Å²) >= 11 is 0. The highest BCUT2D eigenvalue weighted by Crippen LogP contribution is 2.33. The molecule has 2 amide bonds. The van der Waals surface area contributed by atoms with Crippen LogP contribution in [0.2, 0.25) is 0 Å². The second-order valence-corrected chi connectivity index (χ2v) is 5.88. The monoisotopic (exact) mass is 251 g/mol. The van der Waals surface area contributed by atoms with E-state index in [0.717, 1.165) is 51.9 Å². The van der Waals surface area contributed by atoms with Crippen molar-refractivity contribution < 1.29 is 9.59 Å². The van der Waals surface area contributed by atoms with Crippen molar-refractivity contribution in [2.45, 2.75) is 31.7 Å². The van der Waals surface area contributed by atoms with Gasteiger partial charge in [0.1, 0.15) is 0 Å². The molecule has 2 saturated heterocycles. The van der Waals surface area contributed by atoms with Crippen LogP contribution in [0, 0.1) is 11.8 Å². The van der Waals surface area contributed by atoms with Gasteiger partial charge >= 0.3 is 0 Å². The lowest BCUT2D eigenvalue weighted by Gasteiger charge is -2.47. The minimum Gasteiger partial charge on any atom is -0.369 e. The number of carbonyl (C=O) groups excluding carboxylic acids is 2. The fourth-order valence-corrected chi connectivity index (χ4v) is 3.00. The van der Waals surface area contributed by atoms with E-state index in [9.17, 15) is 9.59 Å². The first-order chi connectivity index (χ1) is 8.65. The molecule has 3 aliphatic rings. The van der Waals surface area contributed by atoms with Crippen molar-refractivity contribution in [1.82, 2.24) is 9.80 Å². The topological polar surface area (TPSA) is 66.6 Å². The number of amides is 2. The summed E-state index contributed by atoms with van der Waals surface area (Å²) in [5.74, 6) is 0.601. The third-order valence-electron chi connectivity index (χ3n) is 4.55. The molecular formula is C13H21N3O2. The van der Waals surface area contributed by atoms with Crippen molar-refractivity contribution in [3.8, 4) is 0 Å². The van der Waals surface area contributed by atoms with Gasteiger partial charge in [-0.05, 0) is 38.8 Å². The van der Waals surface area contributed by atoms with Crippen LogP contribution in [0.4, 0.5) is 0 Å². The Bertz CT molecular complexity index is 353. The average molecular weight is 251 g/mol. The van der Waals surface area contributed by atoms with Gasteiger partial charge in [0, 0.05) is 31.0 Å². The van der Waals surface area contributed by atoms with Gasteiger partial charge in [-0.25, -0.2) is 0 Å². The highest BCUT2D eigenvalue weighted by molar-refractivity contribution is 5.81. The minimum atomic E-state index is -0.159. The summed E-state index contributed by atoms with van der Waals surface area (Å²) in [6.07, 6.45) is 3.93. The van der Waals surface area contributed by atoms with Crippen molar-refractivity contribution in [3.63, 3.8) is 0 Å². The van der Waals surface area contributed by atoms with Crippen LogP contribution in [0.25, 0.3) is 0 Å². The second-order valence-electron chi connectivity index (χ2n) is 5.88. The van der Waals surface area contributed by atoms with E-state index in [1.165, 1.54) is 0 Å². The molecule has 5 heteroatoms. The van der Waals surface area contributed by atoms with E-state index in [-0.39, 0.29) is 11.8 Å². The number of piperidine rings is 1. The van der Waals surface area contributed by atoms with Gasteiger partial charge in [0.05, 0.1) is 0 Å². The third-order valence-corrected chi connectivity index (χ3v) is 4.55. The van der Waals surface area contributed by atoms with Gasteiger partial charge in [-0.1, -0.05) is 0 Å². The van der Waals surface area contributed by atoms with Gasteiger partial charge in [0.25, 0.3) is 0 Å². The normalized spacial score (nSPS) is 27.0. The summed E-state index contributed by atoms with van der Waals surface area (Å²) in [5.41, 5.74) is 5.33. The maximum atomic E-state index is 11.8. The fraction of sp³-hybridized carbons (Fsp3) is 0.846. The number of hydrogen-bond acceptors (Lipinski definition) is 3. The van der Waals surface area contributed by atoms with Gasteiger partial charge in [-0.2, -0.15) is 0 Å². The number of nitrogens with two attached hydrogens (primary N) is 1. The molecule has 2 N–H and O–H groups in total. The summed E-state index contributed by atoms with van der Waals surface area (Å²) in [5, 5.41) is 0. The van der Waals surface area contributed by atoms with Crippen LogP contribution in [-0.4, -0.2) is 53.8 Å². The summed E-state index contributed by atoms with van der Waals surface area (Å²) in [4.78, 5) is 27.3. The Morgan fingerprint density at radius 1 is 0.944 bits per heavy atom. The molecular weight excluding hydrogens is 230 g/mol. The van der Waals surface area contributed by atoms with E-state index in [4.69, 9.17) is 5.73 Å².